The Morgan fingerprint density at radius 2 is 1.82 bits per heavy atom. The Morgan fingerprint density at radius 3 is 2.44 bits per heavy atom. The lowest BCUT2D eigenvalue weighted by atomic mass is 10.0. The summed E-state index contributed by atoms with van der Waals surface area (Å²) in [6, 6.07) is 18.5. The molecule has 2 aromatic carbocycles. The Kier molecular flexibility index (Phi) is 6.11. The zero-order valence-electron chi connectivity index (χ0n) is 19.9. The van der Waals surface area contributed by atoms with Gasteiger partial charge < -0.3 is 15.6 Å². The number of H-pyrrole nitrogens is 1. The highest BCUT2D eigenvalue weighted by Gasteiger charge is 2.48. The van der Waals surface area contributed by atoms with Crippen LogP contribution in [0.3, 0.4) is 0 Å². The maximum Gasteiger partial charge on any atom is 0.255 e. The van der Waals surface area contributed by atoms with Gasteiger partial charge in [-0.05, 0) is 54.8 Å². The second-order valence-electron chi connectivity index (χ2n) is 9.76. The van der Waals surface area contributed by atoms with Crippen molar-refractivity contribution in [1.82, 2.24) is 14.8 Å². The first-order valence-corrected chi connectivity index (χ1v) is 12.3. The minimum Gasteiger partial charge on any atom is -0.328 e. The van der Waals surface area contributed by atoms with Crippen molar-refractivity contribution in [2.75, 3.05) is 25.0 Å². The van der Waals surface area contributed by atoms with Crippen LogP contribution in [-0.4, -0.2) is 42.6 Å². The molecule has 1 amide bonds. The van der Waals surface area contributed by atoms with Gasteiger partial charge in [-0.1, -0.05) is 12.1 Å². The SMILES string of the molecule is Cc1cc([N+]2(C3CCNC3)CCCC2C)ccc1NC(=O)c1ccc(-c2ccc(=O)[nH]c2)cc1. The molecule has 2 fully saturated rings. The number of aromatic amines is 1. The molecule has 3 heterocycles. The fraction of sp³-hybridized carbons (Fsp3) is 0.357. The minimum absolute atomic E-state index is 0.123. The van der Waals surface area contributed by atoms with Gasteiger partial charge in [0, 0.05) is 68.0 Å². The summed E-state index contributed by atoms with van der Waals surface area (Å²) in [5, 5.41) is 6.66. The van der Waals surface area contributed by atoms with Gasteiger partial charge in [0.15, 0.2) is 0 Å². The van der Waals surface area contributed by atoms with E-state index in [0.29, 0.717) is 17.6 Å². The van der Waals surface area contributed by atoms with Crippen LogP contribution < -0.4 is 20.7 Å². The Morgan fingerprint density at radius 1 is 1.03 bits per heavy atom. The van der Waals surface area contributed by atoms with E-state index in [4.69, 9.17) is 0 Å². The number of hydrogen-bond acceptors (Lipinski definition) is 3. The molecule has 3 atom stereocenters. The molecule has 6 heteroatoms. The summed E-state index contributed by atoms with van der Waals surface area (Å²) in [5.74, 6) is -0.123. The largest absolute Gasteiger partial charge is 0.328 e. The normalized spacial score (nSPS) is 24.3. The van der Waals surface area contributed by atoms with Crippen LogP contribution in [0.25, 0.3) is 11.1 Å². The summed E-state index contributed by atoms with van der Waals surface area (Å²) in [6.45, 7) is 7.86. The molecule has 0 aliphatic carbocycles. The topological polar surface area (TPSA) is 74.0 Å². The third-order valence-corrected chi connectivity index (χ3v) is 7.83. The molecular formula is C28H33N4O2+. The van der Waals surface area contributed by atoms with E-state index in [1.54, 1.807) is 12.3 Å². The number of pyridine rings is 1. The van der Waals surface area contributed by atoms with E-state index in [1.165, 1.54) is 37.6 Å². The second-order valence-corrected chi connectivity index (χ2v) is 9.76. The third-order valence-electron chi connectivity index (χ3n) is 7.83. The van der Waals surface area contributed by atoms with E-state index in [-0.39, 0.29) is 11.5 Å². The van der Waals surface area contributed by atoms with Crippen molar-refractivity contribution in [2.45, 2.75) is 45.2 Å². The number of likely N-dealkylation sites (tertiary alicyclic amines) is 1. The molecule has 3 unspecified atom stereocenters. The molecule has 0 saturated carbocycles. The predicted octanol–water partition coefficient (Wildman–Crippen LogP) is 4.45. The number of nitrogens with one attached hydrogen (secondary N) is 3. The van der Waals surface area contributed by atoms with Crippen molar-refractivity contribution in [1.29, 1.82) is 0 Å². The predicted molar refractivity (Wildman–Crippen MR) is 138 cm³/mol. The number of anilines is 1. The van der Waals surface area contributed by atoms with Crippen molar-refractivity contribution in [3.8, 4) is 11.1 Å². The zero-order valence-corrected chi connectivity index (χ0v) is 19.9. The van der Waals surface area contributed by atoms with Gasteiger partial charge in [-0.15, -0.1) is 0 Å². The van der Waals surface area contributed by atoms with Crippen molar-refractivity contribution in [2.24, 2.45) is 0 Å². The minimum atomic E-state index is -0.131. The summed E-state index contributed by atoms with van der Waals surface area (Å²) in [7, 11) is 0. The number of rotatable bonds is 5. The molecule has 176 valence electrons. The van der Waals surface area contributed by atoms with Crippen LogP contribution in [0.15, 0.2) is 65.6 Å². The Labute approximate surface area is 200 Å². The van der Waals surface area contributed by atoms with Crippen LogP contribution >= 0.6 is 0 Å². The molecule has 0 bridgehead atoms. The molecule has 1 aromatic heterocycles. The van der Waals surface area contributed by atoms with E-state index in [2.05, 4.69) is 47.7 Å². The summed E-state index contributed by atoms with van der Waals surface area (Å²) in [6.07, 6.45) is 5.44. The maximum absolute atomic E-state index is 13.0. The molecule has 0 spiro atoms. The van der Waals surface area contributed by atoms with Gasteiger partial charge in [-0.3, -0.25) is 14.1 Å². The smallest absolute Gasteiger partial charge is 0.255 e. The van der Waals surface area contributed by atoms with Gasteiger partial charge in [0.25, 0.3) is 5.91 Å². The lowest BCUT2D eigenvalue weighted by Gasteiger charge is -2.43. The van der Waals surface area contributed by atoms with Gasteiger partial charge in [-0.2, -0.15) is 0 Å². The fourth-order valence-corrected chi connectivity index (χ4v) is 5.91. The standard InChI is InChI=1S/C28H32N4O2/c1-19-16-24(32(15-3-4-20(32)2)25-13-14-29-18-25)10-11-26(19)31-28(34)22-7-5-21(6-8-22)23-9-12-27(33)30-17-23/h5-12,16-17,20,25,29H,3-4,13-15,18H2,1-2H3,(H-,30,31,33,34)/p+1. The molecule has 3 N–H and O–H groups in total. The number of aromatic nitrogens is 1. The first-order chi connectivity index (χ1) is 16.5. The van der Waals surface area contributed by atoms with Crippen LogP contribution in [0.5, 0.6) is 0 Å². The maximum atomic E-state index is 13.0. The van der Waals surface area contributed by atoms with Crippen molar-refractivity contribution >= 4 is 17.3 Å². The summed E-state index contributed by atoms with van der Waals surface area (Å²) in [5.41, 5.74) is 5.65. The number of nitrogens with zero attached hydrogens (tertiary/aromatic N) is 1. The number of carbonyl (C=O) groups excluding carboxylic acids is 1. The third kappa shape index (κ3) is 4.08. The lowest BCUT2D eigenvalue weighted by molar-refractivity contribution is 0.102. The molecular weight excluding hydrogens is 424 g/mol. The molecule has 5 rings (SSSR count). The molecule has 2 aliphatic heterocycles. The number of benzene rings is 2. The highest BCUT2D eigenvalue weighted by Crippen LogP contribution is 2.40. The van der Waals surface area contributed by atoms with Crippen LogP contribution in [0.4, 0.5) is 11.4 Å². The summed E-state index contributed by atoms with van der Waals surface area (Å²) in [4.78, 5) is 26.9. The molecule has 6 nitrogen and oxygen atoms in total. The number of quaternary nitrogens is 1. The average Bonchev–Trinajstić information content (AvgIpc) is 3.51. The van der Waals surface area contributed by atoms with Gasteiger partial charge in [0.05, 0.1) is 12.6 Å². The summed E-state index contributed by atoms with van der Waals surface area (Å²) >= 11 is 0. The van der Waals surface area contributed by atoms with E-state index >= 15 is 0 Å². The fourth-order valence-electron chi connectivity index (χ4n) is 5.91. The van der Waals surface area contributed by atoms with Crippen LogP contribution in [0.1, 0.15) is 42.1 Å². The van der Waals surface area contributed by atoms with Crippen LogP contribution in [0.2, 0.25) is 0 Å². The number of aryl methyl sites for hydroxylation is 1. The molecule has 2 saturated heterocycles. The zero-order chi connectivity index (χ0) is 23.7. The van der Waals surface area contributed by atoms with E-state index < -0.39 is 0 Å². The molecule has 2 aliphatic rings. The van der Waals surface area contributed by atoms with Gasteiger partial charge in [0.2, 0.25) is 5.56 Å². The Balaban J connectivity index is 1.34. The monoisotopic (exact) mass is 457 g/mol. The van der Waals surface area contributed by atoms with E-state index in [9.17, 15) is 9.59 Å². The first kappa shape index (κ1) is 22.6. The van der Waals surface area contributed by atoms with E-state index in [0.717, 1.165) is 40.0 Å². The Hall–Kier alpha value is -3.22. The molecule has 0 radical (unpaired) electrons. The van der Waals surface area contributed by atoms with E-state index in [1.807, 2.05) is 24.3 Å². The Bertz CT molecular complexity index is 1220. The second kappa shape index (κ2) is 9.20. The lowest BCUT2D eigenvalue weighted by Crippen LogP contribution is -2.59. The van der Waals surface area contributed by atoms with Gasteiger partial charge in [0.1, 0.15) is 11.7 Å². The number of amides is 1. The quantitative estimate of drug-likeness (QED) is 0.496. The molecule has 3 aromatic rings. The number of carbonyl (C=O) groups is 1. The van der Waals surface area contributed by atoms with Crippen LogP contribution in [-0.2, 0) is 0 Å². The van der Waals surface area contributed by atoms with Gasteiger partial charge >= 0.3 is 0 Å². The number of hydrogen-bond donors (Lipinski definition) is 3. The van der Waals surface area contributed by atoms with Crippen molar-refractivity contribution in [3.63, 3.8) is 0 Å². The van der Waals surface area contributed by atoms with Crippen molar-refractivity contribution < 1.29 is 4.79 Å². The first-order valence-electron chi connectivity index (χ1n) is 12.3. The van der Waals surface area contributed by atoms with Gasteiger partial charge in [-0.25, -0.2) is 0 Å². The van der Waals surface area contributed by atoms with Crippen LogP contribution in [0, 0.1) is 6.92 Å². The van der Waals surface area contributed by atoms with Crippen molar-refractivity contribution in [3.05, 3.63) is 82.3 Å². The average molecular weight is 458 g/mol. The highest BCUT2D eigenvalue weighted by atomic mass is 16.1. The summed E-state index contributed by atoms with van der Waals surface area (Å²) < 4.78 is 1.06. The highest BCUT2D eigenvalue weighted by molar-refractivity contribution is 6.05. The molecule has 34 heavy (non-hydrogen) atoms.